The molecular formula is C35H22N4. The van der Waals surface area contributed by atoms with E-state index in [0.29, 0.717) is 0 Å². The maximum atomic E-state index is 4.71. The van der Waals surface area contributed by atoms with Crippen molar-refractivity contribution in [1.82, 2.24) is 19.7 Å². The third-order valence-electron chi connectivity index (χ3n) is 7.55. The molecular weight excluding hydrogens is 476 g/mol. The van der Waals surface area contributed by atoms with Crippen LogP contribution in [0.1, 0.15) is 0 Å². The van der Waals surface area contributed by atoms with Crippen LogP contribution in [0.25, 0.3) is 72.0 Å². The molecule has 8 aromatic rings. The van der Waals surface area contributed by atoms with Crippen molar-refractivity contribution in [1.29, 1.82) is 0 Å². The van der Waals surface area contributed by atoms with Crippen molar-refractivity contribution in [3.05, 3.63) is 134 Å². The molecule has 0 unspecified atom stereocenters. The van der Waals surface area contributed by atoms with E-state index < -0.39 is 0 Å². The van der Waals surface area contributed by atoms with Crippen LogP contribution < -0.4 is 0 Å². The van der Waals surface area contributed by atoms with E-state index in [1.54, 1.807) is 0 Å². The van der Waals surface area contributed by atoms with Gasteiger partial charge in [0.1, 0.15) is 0 Å². The van der Waals surface area contributed by atoms with Crippen LogP contribution in [-0.4, -0.2) is 19.7 Å². The van der Waals surface area contributed by atoms with Crippen molar-refractivity contribution < 1.29 is 0 Å². The molecule has 0 saturated carbocycles. The van der Waals surface area contributed by atoms with Crippen LogP contribution in [0.4, 0.5) is 0 Å². The van der Waals surface area contributed by atoms with Gasteiger partial charge in [-0.2, -0.15) is 0 Å². The lowest BCUT2D eigenvalue weighted by Crippen LogP contribution is -2.02. The SMILES string of the molecule is c1ccc(-c2nnc(-c3ccccc3)n2-c2ccc3ccc4c(-c5ccccn5)ccc5ccc2c3c54)cc1. The number of benzene rings is 6. The number of pyridine rings is 1. The van der Waals surface area contributed by atoms with Crippen molar-refractivity contribution >= 4 is 32.3 Å². The molecule has 0 amide bonds. The number of rotatable bonds is 4. The monoisotopic (exact) mass is 498 g/mol. The summed E-state index contributed by atoms with van der Waals surface area (Å²) in [7, 11) is 0. The molecule has 2 heterocycles. The van der Waals surface area contributed by atoms with E-state index in [9.17, 15) is 0 Å². The van der Waals surface area contributed by atoms with Crippen LogP contribution in [0.15, 0.2) is 134 Å². The molecule has 4 nitrogen and oxygen atoms in total. The van der Waals surface area contributed by atoms with Crippen molar-refractivity contribution in [2.45, 2.75) is 0 Å². The largest absolute Gasteiger partial charge is 0.274 e. The predicted octanol–water partition coefficient (Wildman–Crippen LogP) is 8.56. The third kappa shape index (κ3) is 3.35. The fourth-order valence-electron chi connectivity index (χ4n) is 5.79. The second kappa shape index (κ2) is 8.61. The maximum Gasteiger partial charge on any atom is 0.168 e. The summed E-state index contributed by atoms with van der Waals surface area (Å²) in [6.07, 6.45) is 1.85. The Labute approximate surface area is 225 Å². The first kappa shape index (κ1) is 21.7. The lowest BCUT2D eigenvalue weighted by Gasteiger charge is -2.18. The molecule has 0 bridgehead atoms. The Bertz CT molecular complexity index is 2040. The van der Waals surface area contributed by atoms with E-state index in [1.165, 1.54) is 26.9 Å². The van der Waals surface area contributed by atoms with Gasteiger partial charge in [-0.05, 0) is 45.1 Å². The molecule has 0 aliphatic heterocycles. The number of aromatic nitrogens is 4. The summed E-state index contributed by atoms with van der Waals surface area (Å²) in [6.45, 7) is 0. The fraction of sp³-hybridized carbons (Fsp3) is 0. The normalized spacial score (nSPS) is 11.6. The van der Waals surface area contributed by atoms with Crippen LogP contribution in [0.3, 0.4) is 0 Å². The number of hydrogen-bond acceptors (Lipinski definition) is 3. The van der Waals surface area contributed by atoms with Crippen molar-refractivity contribution in [3.8, 4) is 39.7 Å². The minimum atomic E-state index is 0.818. The van der Waals surface area contributed by atoms with Crippen LogP contribution in [0, 0.1) is 0 Å². The summed E-state index contributed by atoms with van der Waals surface area (Å²) in [5, 5.41) is 16.7. The zero-order valence-corrected chi connectivity index (χ0v) is 21.0. The molecule has 0 aliphatic carbocycles. The molecule has 4 heteroatoms. The lowest BCUT2D eigenvalue weighted by molar-refractivity contribution is 1.09. The highest BCUT2D eigenvalue weighted by Gasteiger charge is 2.21. The summed E-state index contributed by atoms with van der Waals surface area (Å²) in [5.41, 5.74) is 5.22. The van der Waals surface area contributed by atoms with Crippen molar-refractivity contribution in [2.24, 2.45) is 0 Å². The van der Waals surface area contributed by atoms with Gasteiger partial charge in [0.25, 0.3) is 0 Å². The van der Waals surface area contributed by atoms with Crippen LogP contribution in [0.2, 0.25) is 0 Å². The van der Waals surface area contributed by atoms with Gasteiger partial charge in [-0.3, -0.25) is 9.55 Å². The first-order valence-electron chi connectivity index (χ1n) is 13.1. The standard InChI is InChI=1S/C35H22N4/c1-3-9-25(10-4-1)34-37-38-35(26-11-5-2-6-12-26)39(34)31-21-17-24-15-19-28-27(30-13-7-8-22-36-30)18-14-23-16-20-29(31)33(24)32(23)28/h1-22H. The topological polar surface area (TPSA) is 43.6 Å². The van der Waals surface area contributed by atoms with Crippen molar-refractivity contribution in [2.75, 3.05) is 0 Å². The average Bonchev–Trinajstić information content (AvgIpc) is 3.46. The van der Waals surface area contributed by atoms with Gasteiger partial charge < -0.3 is 0 Å². The first-order chi connectivity index (χ1) is 19.4. The average molecular weight is 499 g/mol. The highest BCUT2D eigenvalue weighted by atomic mass is 15.3. The minimum absolute atomic E-state index is 0.818. The van der Waals surface area contributed by atoms with E-state index >= 15 is 0 Å². The Morgan fingerprint density at radius 2 is 1.03 bits per heavy atom. The van der Waals surface area contributed by atoms with E-state index in [0.717, 1.165) is 45.1 Å². The molecule has 0 aliphatic rings. The number of nitrogens with zero attached hydrogens (tertiary/aromatic N) is 4. The van der Waals surface area contributed by atoms with Gasteiger partial charge in [0.05, 0.1) is 11.4 Å². The van der Waals surface area contributed by atoms with Gasteiger partial charge in [0.15, 0.2) is 11.6 Å². The molecule has 0 saturated heterocycles. The fourth-order valence-corrected chi connectivity index (χ4v) is 5.79. The van der Waals surface area contributed by atoms with Gasteiger partial charge in [0.2, 0.25) is 0 Å². The quantitative estimate of drug-likeness (QED) is 0.228. The molecule has 182 valence electrons. The van der Waals surface area contributed by atoms with E-state index in [4.69, 9.17) is 10.2 Å². The Balaban J connectivity index is 1.47. The van der Waals surface area contributed by atoms with Gasteiger partial charge in [-0.15, -0.1) is 10.2 Å². The summed E-state index contributed by atoms with van der Waals surface area (Å²) in [4.78, 5) is 4.66. The van der Waals surface area contributed by atoms with Crippen LogP contribution >= 0.6 is 0 Å². The van der Waals surface area contributed by atoms with Gasteiger partial charge in [0, 0.05) is 28.3 Å². The molecule has 8 rings (SSSR count). The second-order valence-corrected chi connectivity index (χ2v) is 9.75. The second-order valence-electron chi connectivity index (χ2n) is 9.75. The van der Waals surface area contributed by atoms with Crippen LogP contribution in [-0.2, 0) is 0 Å². The molecule has 6 aromatic carbocycles. The summed E-state index contributed by atoms with van der Waals surface area (Å²) in [6, 6.07) is 44.4. The van der Waals surface area contributed by atoms with E-state index in [1.807, 2.05) is 54.7 Å². The van der Waals surface area contributed by atoms with E-state index in [-0.39, 0.29) is 0 Å². The molecule has 0 radical (unpaired) electrons. The van der Waals surface area contributed by atoms with Crippen molar-refractivity contribution in [3.63, 3.8) is 0 Å². The summed E-state index contributed by atoms with van der Waals surface area (Å²) >= 11 is 0. The number of hydrogen-bond donors (Lipinski definition) is 0. The lowest BCUT2D eigenvalue weighted by atomic mass is 9.90. The zero-order valence-electron chi connectivity index (χ0n) is 21.0. The maximum absolute atomic E-state index is 4.71. The highest BCUT2D eigenvalue weighted by molar-refractivity contribution is 6.26. The smallest absolute Gasteiger partial charge is 0.168 e. The molecule has 39 heavy (non-hydrogen) atoms. The minimum Gasteiger partial charge on any atom is -0.274 e. The van der Waals surface area contributed by atoms with Gasteiger partial charge in [-0.1, -0.05) is 109 Å². The summed E-state index contributed by atoms with van der Waals surface area (Å²) in [5.74, 6) is 1.64. The molecule has 0 spiro atoms. The predicted molar refractivity (Wildman–Crippen MR) is 159 cm³/mol. The third-order valence-corrected chi connectivity index (χ3v) is 7.55. The Hall–Kier alpha value is -5.35. The van der Waals surface area contributed by atoms with E-state index in [2.05, 4.69) is 88.4 Å². The van der Waals surface area contributed by atoms with Crippen LogP contribution in [0.5, 0.6) is 0 Å². The Kier molecular flexibility index (Phi) is 4.79. The van der Waals surface area contributed by atoms with Gasteiger partial charge in [-0.25, -0.2) is 0 Å². The van der Waals surface area contributed by atoms with Gasteiger partial charge >= 0.3 is 0 Å². The molecule has 0 N–H and O–H groups in total. The first-order valence-corrected chi connectivity index (χ1v) is 13.1. The highest BCUT2D eigenvalue weighted by Crippen LogP contribution is 2.42. The zero-order chi connectivity index (χ0) is 25.8. The molecule has 0 fully saturated rings. The Morgan fingerprint density at radius 1 is 0.462 bits per heavy atom. The Morgan fingerprint density at radius 3 is 1.67 bits per heavy atom. The molecule has 2 aromatic heterocycles. The summed E-state index contributed by atoms with van der Waals surface area (Å²) < 4.78 is 2.20. The molecule has 0 atom stereocenters.